The van der Waals surface area contributed by atoms with E-state index in [1.54, 1.807) is 6.07 Å². The summed E-state index contributed by atoms with van der Waals surface area (Å²) in [5.74, 6) is 1.00. The van der Waals surface area contributed by atoms with E-state index in [0.717, 1.165) is 37.9 Å². The van der Waals surface area contributed by atoms with Crippen molar-refractivity contribution >= 4 is 34.5 Å². The minimum absolute atomic E-state index is 0.0809. The number of anilines is 1. The smallest absolute Gasteiger partial charge is 0.234 e. The fourth-order valence-electron chi connectivity index (χ4n) is 3.98. The molecule has 1 aromatic heterocycles. The number of hydrogen-bond acceptors (Lipinski definition) is 3. The average molecular weight is 319 g/mol. The molecule has 1 saturated carbocycles. The highest BCUT2D eigenvalue weighted by Crippen LogP contribution is 2.44. The molecule has 4 rings (SSSR count). The van der Waals surface area contributed by atoms with Gasteiger partial charge < -0.3 is 10.3 Å². The number of para-hydroxylation sites is 1. The fourth-order valence-corrected chi connectivity index (χ4v) is 4.20. The van der Waals surface area contributed by atoms with E-state index in [9.17, 15) is 4.79 Å². The number of halogens is 1. The molecule has 22 heavy (non-hydrogen) atoms. The molecule has 0 bridgehead atoms. The van der Waals surface area contributed by atoms with Crippen molar-refractivity contribution in [1.82, 2.24) is 15.3 Å². The molecule has 3 N–H and O–H groups in total. The van der Waals surface area contributed by atoms with Crippen LogP contribution in [0.3, 0.4) is 0 Å². The molecule has 1 saturated heterocycles. The molecule has 0 spiro atoms. The molecule has 1 aliphatic carbocycles. The van der Waals surface area contributed by atoms with Crippen molar-refractivity contribution in [3.63, 3.8) is 0 Å². The van der Waals surface area contributed by atoms with Gasteiger partial charge in [-0.15, -0.1) is 0 Å². The van der Waals surface area contributed by atoms with E-state index in [1.165, 1.54) is 6.42 Å². The number of aromatic nitrogens is 2. The number of rotatable bonds is 2. The van der Waals surface area contributed by atoms with Crippen LogP contribution in [0.5, 0.6) is 0 Å². The van der Waals surface area contributed by atoms with Gasteiger partial charge in [-0.05, 0) is 37.4 Å². The SMILES string of the molecule is O=C(Nc1nc2c(Cl)cccc2[nH]1)[C@@]12CCCC[C@H]1CNC2. The predicted molar refractivity (Wildman–Crippen MR) is 87.0 cm³/mol. The van der Waals surface area contributed by atoms with Gasteiger partial charge in [0.25, 0.3) is 0 Å². The molecule has 2 aliphatic rings. The van der Waals surface area contributed by atoms with Crippen LogP contribution in [0.4, 0.5) is 5.95 Å². The molecular formula is C16H19ClN4O. The predicted octanol–water partition coefficient (Wildman–Crippen LogP) is 2.93. The van der Waals surface area contributed by atoms with Crippen LogP contribution in [-0.2, 0) is 4.79 Å². The maximum absolute atomic E-state index is 12.9. The number of nitrogens with zero attached hydrogens (tertiary/aromatic N) is 1. The summed E-state index contributed by atoms with van der Waals surface area (Å²) in [4.78, 5) is 20.4. The lowest BCUT2D eigenvalue weighted by Gasteiger charge is -2.36. The molecule has 2 fully saturated rings. The maximum atomic E-state index is 12.9. The van der Waals surface area contributed by atoms with Gasteiger partial charge in [0, 0.05) is 6.54 Å². The molecule has 1 aromatic carbocycles. The van der Waals surface area contributed by atoms with Crippen LogP contribution in [-0.4, -0.2) is 29.0 Å². The minimum Gasteiger partial charge on any atom is -0.324 e. The zero-order valence-electron chi connectivity index (χ0n) is 12.3. The number of carbonyl (C=O) groups is 1. The number of imidazole rings is 1. The van der Waals surface area contributed by atoms with Crippen LogP contribution in [0, 0.1) is 11.3 Å². The fraction of sp³-hybridized carbons (Fsp3) is 0.500. The van der Waals surface area contributed by atoms with Crippen molar-refractivity contribution in [2.75, 3.05) is 18.4 Å². The van der Waals surface area contributed by atoms with E-state index in [-0.39, 0.29) is 11.3 Å². The van der Waals surface area contributed by atoms with Crippen molar-refractivity contribution in [1.29, 1.82) is 0 Å². The summed E-state index contributed by atoms with van der Waals surface area (Å²) in [6.45, 7) is 1.71. The lowest BCUT2D eigenvalue weighted by atomic mass is 9.67. The molecule has 1 amide bonds. The molecule has 2 atom stereocenters. The van der Waals surface area contributed by atoms with Crippen LogP contribution >= 0.6 is 11.6 Å². The highest BCUT2D eigenvalue weighted by Gasteiger charge is 2.50. The van der Waals surface area contributed by atoms with Crippen LogP contribution < -0.4 is 10.6 Å². The first-order valence-corrected chi connectivity index (χ1v) is 8.23. The Bertz CT molecular complexity index is 728. The largest absolute Gasteiger partial charge is 0.324 e. The first-order valence-electron chi connectivity index (χ1n) is 7.85. The van der Waals surface area contributed by atoms with Gasteiger partial charge in [-0.3, -0.25) is 10.1 Å². The Kier molecular flexibility index (Phi) is 3.35. The highest BCUT2D eigenvalue weighted by molar-refractivity contribution is 6.35. The van der Waals surface area contributed by atoms with E-state index in [0.29, 0.717) is 22.4 Å². The van der Waals surface area contributed by atoms with Gasteiger partial charge in [0.15, 0.2) is 0 Å². The number of benzene rings is 1. The normalized spacial score (nSPS) is 27.8. The number of H-pyrrole nitrogens is 1. The Morgan fingerprint density at radius 2 is 2.32 bits per heavy atom. The topological polar surface area (TPSA) is 69.8 Å². The zero-order chi connectivity index (χ0) is 15.2. The number of aromatic amines is 1. The summed E-state index contributed by atoms with van der Waals surface area (Å²) < 4.78 is 0. The molecule has 0 unspecified atom stereocenters. The molecule has 116 valence electrons. The lowest BCUT2D eigenvalue weighted by molar-refractivity contribution is -0.128. The van der Waals surface area contributed by atoms with E-state index < -0.39 is 0 Å². The molecule has 6 heteroatoms. The third-order valence-electron chi connectivity index (χ3n) is 5.19. The monoisotopic (exact) mass is 318 g/mol. The van der Waals surface area contributed by atoms with Crippen molar-refractivity contribution in [3.8, 4) is 0 Å². The van der Waals surface area contributed by atoms with Crippen LogP contribution in [0.25, 0.3) is 11.0 Å². The van der Waals surface area contributed by atoms with E-state index in [4.69, 9.17) is 11.6 Å². The van der Waals surface area contributed by atoms with Crippen molar-refractivity contribution in [3.05, 3.63) is 23.2 Å². The van der Waals surface area contributed by atoms with Gasteiger partial charge in [-0.25, -0.2) is 4.98 Å². The van der Waals surface area contributed by atoms with Gasteiger partial charge in [0.1, 0.15) is 5.52 Å². The average Bonchev–Trinajstić information content (AvgIpc) is 3.12. The number of hydrogen-bond donors (Lipinski definition) is 3. The maximum Gasteiger partial charge on any atom is 0.234 e. The summed E-state index contributed by atoms with van der Waals surface area (Å²) in [7, 11) is 0. The summed E-state index contributed by atoms with van der Waals surface area (Å²) in [6, 6.07) is 5.57. The van der Waals surface area contributed by atoms with E-state index >= 15 is 0 Å². The standard InChI is InChI=1S/C16H19ClN4O/c17-11-5-3-6-12-13(11)20-15(19-12)21-14(22)16-7-2-1-4-10(16)8-18-9-16/h3,5-6,10,18H,1-2,4,7-9H2,(H2,19,20,21,22)/t10-,16+/m0/s1. The first-order chi connectivity index (χ1) is 10.7. The Morgan fingerprint density at radius 1 is 1.41 bits per heavy atom. The second-order valence-electron chi connectivity index (χ2n) is 6.41. The van der Waals surface area contributed by atoms with Crippen molar-refractivity contribution in [2.24, 2.45) is 11.3 Å². The van der Waals surface area contributed by atoms with Crippen molar-refractivity contribution < 1.29 is 4.79 Å². The second-order valence-corrected chi connectivity index (χ2v) is 6.81. The van der Waals surface area contributed by atoms with E-state index in [1.807, 2.05) is 12.1 Å². The Morgan fingerprint density at radius 3 is 3.18 bits per heavy atom. The van der Waals surface area contributed by atoms with Crippen LogP contribution in [0.15, 0.2) is 18.2 Å². The number of fused-ring (bicyclic) bond motifs is 2. The third-order valence-corrected chi connectivity index (χ3v) is 5.49. The Labute approximate surface area is 133 Å². The number of nitrogens with one attached hydrogen (secondary N) is 3. The first kappa shape index (κ1) is 14.0. The highest BCUT2D eigenvalue weighted by atomic mass is 35.5. The third kappa shape index (κ3) is 2.11. The summed E-state index contributed by atoms with van der Waals surface area (Å²) in [6.07, 6.45) is 4.43. The van der Waals surface area contributed by atoms with Gasteiger partial charge in [0.2, 0.25) is 11.9 Å². The van der Waals surface area contributed by atoms with Gasteiger partial charge >= 0.3 is 0 Å². The van der Waals surface area contributed by atoms with E-state index in [2.05, 4.69) is 20.6 Å². The number of carbonyl (C=O) groups excluding carboxylic acids is 1. The van der Waals surface area contributed by atoms with Crippen LogP contribution in [0.1, 0.15) is 25.7 Å². The zero-order valence-corrected chi connectivity index (χ0v) is 13.0. The quantitative estimate of drug-likeness (QED) is 0.797. The van der Waals surface area contributed by atoms with Crippen molar-refractivity contribution in [2.45, 2.75) is 25.7 Å². The molecule has 2 aromatic rings. The molecule has 1 aliphatic heterocycles. The second kappa shape index (κ2) is 5.25. The Hall–Kier alpha value is -1.59. The lowest BCUT2D eigenvalue weighted by Crippen LogP contribution is -2.44. The van der Waals surface area contributed by atoms with Gasteiger partial charge in [-0.1, -0.05) is 30.5 Å². The molecule has 2 heterocycles. The summed E-state index contributed by atoms with van der Waals surface area (Å²) in [5, 5.41) is 6.97. The Balaban J connectivity index is 1.61. The van der Waals surface area contributed by atoms with Crippen LogP contribution in [0.2, 0.25) is 5.02 Å². The summed E-state index contributed by atoms with van der Waals surface area (Å²) >= 11 is 6.14. The molecule has 0 radical (unpaired) electrons. The minimum atomic E-state index is -0.277. The molecule has 5 nitrogen and oxygen atoms in total. The van der Waals surface area contributed by atoms with Gasteiger partial charge in [-0.2, -0.15) is 0 Å². The molecular weight excluding hydrogens is 300 g/mol. The van der Waals surface area contributed by atoms with Gasteiger partial charge in [0.05, 0.1) is 16.0 Å². The number of amides is 1. The summed E-state index contributed by atoms with van der Waals surface area (Å²) in [5.41, 5.74) is 1.26.